The third-order valence-corrected chi connectivity index (χ3v) is 3.08. The van der Waals surface area contributed by atoms with Gasteiger partial charge in [-0.15, -0.1) is 12.3 Å². The Morgan fingerprint density at radius 1 is 1.13 bits per heavy atom. The summed E-state index contributed by atoms with van der Waals surface area (Å²) in [5.41, 5.74) is 0.588. The fraction of sp³-hybridized carbons (Fsp3) is 0.375. The summed E-state index contributed by atoms with van der Waals surface area (Å²) in [6, 6.07) is 4.49. The van der Waals surface area contributed by atoms with E-state index < -0.39 is 5.91 Å². The van der Waals surface area contributed by atoms with Gasteiger partial charge in [-0.3, -0.25) is 19.3 Å². The summed E-state index contributed by atoms with van der Waals surface area (Å²) in [6.45, 7) is 0.227. The van der Waals surface area contributed by atoms with Crippen LogP contribution in [0.4, 0.5) is 0 Å². The van der Waals surface area contributed by atoms with Gasteiger partial charge >= 0.3 is 0 Å². The molecule has 0 fully saturated rings. The first-order chi connectivity index (χ1) is 11.0. The van der Waals surface area contributed by atoms with E-state index in [0.29, 0.717) is 12.0 Å². The van der Waals surface area contributed by atoms with Crippen LogP contribution in [0, 0.1) is 12.3 Å². The topological polar surface area (TPSA) is 68.3 Å². The molecule has 0 saturated heterocycles. The molecule has 0 aliphatic rings. The molecule has 0 spiro atoms. The molecule has 2 amide bonds. The Labute approximate surface area is 135 Å². The summed E-state index contributed by atoms with van der Waals surface area (Å²) >= 11 is 0. The van der Waals surface area contributed by atoms with Gasteiger partial charge in [0.2, 0.25) is 0 Å². The van der Waals surface area contributed by atoms with Gasteiger partial charge in [0, 0.05) is 26.1 Å². The van der Waals surface area contributed by atoms with Gasteiger partial charge in [0.05, 0.1) is 26.4 Å². The van der Waals surface area contributed by atoms with Crippen molar-refractivity contribution in [3.05, 3.63) is 29.3 Å². The van der Waals surface area contributed by atoms with Crippen LogP contribution in [0.5, 0.6) is 5.75 Å². The summed E-state index contributed by atoms with van der Waals surface area (Å²) in [7, 11) is 5.72. The Balaban J connectivity index is 3.17. The zero-order chi connectivity index (χ0) is 17.4. The Morgan fingerprint density at radius 2 is 1.74 bits per heavy atom. The standard InChI is InChI=1S/C16H20N2O5/c1-6-7-10-23-14-11-12(15(19)17(2)21-4)8-9-13(14)16(20)18(3)22-5/h1,8-9,11H,7,10H2,2-5H3. The molecule has 0 aliphatic carbocycles. The average molecular weight is 320 g/mol. The smallest absolute Gasteiger partial charge is 0.280 e. The molecule has 0 atom stereocenters. The van der Waals surface area contributed by atoms with Crippen LogP contribution < -0.4 is 4.74 Å². The van der Waals surface area contributed by atoms with Crippen molar-refractivity contribution in [3.63, 3.8) is 0 Å². The van der Waals surface area contributed by atoms with Crippen LogP contribution in [0.1, 0.15) is 27.1 Å². The van der Waals surface area contributed by atoms with Crippen molar-refractivity contribution in [3.8, 4) is 18.1 Å². The van der Waals surface area contributed by atoms with E-state index in [2.05, 4.69) is 5.92 Å². The fourth-order valence-corrected chi connectivity index (χ4v) is 1.69. The summed E-state index contributed by atoms with van der Waals surface area (Å²) in [5, 5.41) is 2.13. The Kier molecular flexibility index (Phi) is 7.06. The van der Waals surface area contributed by atoms with Crippen LogP contribution in [0.3, 0.4) is 0 Å². The molecule has 0 N–H and O–H groups in total. The molecule has 0 aliphatic heterocycles. The summed E-state index contributed by atoms with van der Waals surface area (Å²) in [4.78, 5) is 34.1. The fourth-order valence-electron chi connectivity index (χ4n) is 1.69. The number of rotatable bonds is 7. The minimum absolute atomic E-state index is 0.227. The molecule has 0 bridgehead atoms. The maximum Gasteiger partial charge on any atom is 0.280 e. The third kappa shape index (κ3) is 4.71. The highest BCUT2D eigenvalue weighted by molar-refractivity contribution is 5.99. The Hall–Kier alpha value is -2.56. The van der Waals surface area contributed by atoms with E-state index in [1.165, 1.54) is 46.5 Å². The lowest BCUT2D eigenvalue weighted by atomic mass is 10.1. The molecular weight excluding hydrogens is 300 g/mol. The minimum atomic E-state index is -0.401. The van der Waals surface area contributed by atoms with Gasteiger partial charge in [-0.25, -0.2) is 10.1 Å². The first-order valence-electron chi connectivity index (χ1n) is 6.80. The van der Waals surface area contributed by atoms with Crippen molar-refractivity contribution < 1.29 is 24.0 Å². The predicted octanol–water partition coefficient (Wildman–Crippen LogP) is 1.36. The highest BCUT2D eigenvalue weighted by Gasteiger charge is 2.20. The van der Waals surface area contributed by atoms with Gasteiger partial charge in [0.25, 0.3) is 11.8 Å². The molecule has 0 radical (unpaired) electrons. The normalized spacial score (nSPS) is 9.87. The zero-order valence-corrected chi connectivity index (χ0v) is 13.7. The molecule has 0 saturated carbocycles. The van der Waals surface area contributed by atoms with Crippen LogP contribution >= 0.6 is 0 Å². The largest absolute Gasteiger partial charge is 0.492 e. The second-order valence-corrected chi connectivity index (χ2v) is 4.48. The molecule has 124 valence electrons. The molecule has 1 aromatic carbocycles. The van der Waals surface area contributed by atoms with E-state index in [9.17, 15) is 9.59 Å². The third-order valence-electron chi connectivity index (χ3n) is 3.08. The monoisotopic (exact) mass is 320 g/mol. The van der Waals surface area contributed by atoms with Crippen molar-refractivity contribution in [2.45, 2.75) is 6.42 Å². The van der Waals surface area contributed by atoms with E-state index in [0.717, 1.165) is 10.1 Å². The summed E-state index contributed by atoms with van der Waals surface area (Å²) in [6.07, 6.45) is 5.57. The van der Waals surface area contributed by atoms with E-state index >= 15 is 0 Å². The lowest BCUT2D eigenvalue weighted by Gasteiger charge is -2.18. The number of nitrogens with zero attached hydrogens (tertiary/aromatic N) is 2. The van der Waals surface area contributed by atoms with Gasteiger partial charge in [0.1, 0.15) is 5.75 Å². The van der Waals surface area contributed by atoms with Gasteiger partial charge in [-0.05, 0) is 18.2 Å². The second-order valence-electron chi connectivity index (χ2n) is 4.48. The molecule has 7 nitrogen and oxygen atoms in total. The molecule has 1 rings (SSSR count). The molecule has 23 heavy (non-hydrogen) atoms. The van der Waals surface area contributed by atoms with Crippen molar-refractivity contribution in [2.24, 2.45) is 0 Å². The van der Waals surface area contributed by atoms with Crippen LogP contribution in [-0.2, 0) is 9.68 Å². The average Bonchev–Trinajstić information content (AvgIpc) is 2.59. The Morgan fingerprint density at radius 3 is 2.30 bits per heavy atom. The number of ether oxygens (including phenoxy) is 1. The van der Waals surface area contributed by atoms with Gasteiger partial charge < -0.3 is 4.74 Å². The van der Waals surface area contributed by atoms with Crippen LogP contribution in [0.15, 0.2) is 18.2 Å². The minimum Gasteiger partial charge on any atom is -0.492 e. The highest BCUT2D eigenvalue weighted by atomic mass is 16.7. The summed E-state index contributed by atoms with van der Waals surface area (Å²) in [5.74, 6) is 1.93. The predicted molar refractivity (Wildman–Crippen MR) is 83.6 cm³/mol. The maximum absolute atomic E-state index is 12.3. The molecule has 0 heterocycles. The van der Waals surface area contributed by atoms with Gasteiger partial charge in [-0.2, -0.15) is 0 Å². The summed E-state index contributed by atoms with van der Waals surface area (Å²) < 4.78 is 5.54. The molecule has 7 heteroatoms. The van der Waals surface area contributed by atoms with E-state index in [4.69, 9.17) is 20.8 Å². The maximum atomic E-state index is 12.3. The number of carbonyl (C=O) groups excluding carboxylic acids is 2. The second kappa shape index (κ2) is 8.78. The SMILES string of the molecule is C#CCCOc1cc(C(=O)N(C)OC)ccc1C(=O)N(C)OC. The number of carbonyl (C=O) groups is 2. The number of hydrogen-bond acceptors (Lipinski definition) is 5. The van der Waals surface area contributed by atoms with E-state index in [1.54, 1.807) is 0 Å². The Bertz CT molecular complexity index is 609. The first kappa shape index (κ1) is 18.5. The van der Waals surface area contributed by atoms with Crippen molar-refractivity contribution in [1.82, 2.24) is 10.1 Å². The number of amides is 2. The highest BCUT2D eigenvalue weighted by Crippen LogP contribution is 2.23. The van der Waals surface area contributed by atoms with Crippen molar-refractivity contribution in [1.29, 1.82) is 0 Å². The quantitative estimate of drug-likeness (QED) is 0.431. The molecule has 0 aromatic heterocycles. The lowest BCUT2D eigenvalue weighted by molar-refractivity contribution is -0.0761. The zero-order valence-electron chi connectivity index (χ0n) is 13.7. The van der Waals surface area contributed by atoms with Gasteiger partial charge in [0.15, 0.2) is 0 Å². The van der Waals surface area contributed by atoms with Crippen LogP contribution in [0.2, 0.25) is 0 Å². The van der Waals surface area contributed by atoms with Crippen LogP contribution in [0.25, 0.3) is 0 Å². The van der Waals surface area contributed by atoms with E-state index in [-0.39, 0.29) is 23.8 Å². The van der Waals surface area contributed by atoms with Gasteiger partial charge in [-0.1, -0.05) is 0 Å². The molecule has 1 aromatic rings. The van der Waals surface area contributed by atoms with Crippen molar-refractivity contribution >= 4 is 11.8 Å². The van der Waals surface area contributed by atoms with E-state index in [1.807, 2.05) is 0 Å². The molecule has 0 unspecified atom stereocenters. The lowest BCUT2D eigenvalue weighted by Crippen LogP contribution is -2.27. The number of terminal acetylenes is 1. The number of hydrogen-bond donors (Lipinski definition) is 0. The number of benzene rings is 1. The first-order valence-corrected chi connectivity index (χ1v) is 6.80. The van der Waals surface area contributed by atoms with Crippen molar-refractivity contribution in [2.75, 3.05) is 34.9 Å². The van der Waals surface area contributed by atoms with Crippen LogP contribution in [-0.4, -0.2) is 56.9 Å². The number of hydroxylamine groups is 4. The molecular formula is C16H20N2O5.